The molecule has 2 heterocycles. The molecule has 0 unspecified atom stereocenters. The van der Waals surface area contributed by atoms with E-state index in [0.717, 1.165) is 50.3 Å². The van der Waals surface area contributed by atoms with E-state index in [1.807, 2.05) is 0 Å². The largest absolute Gasteiger partial charge is 0.487 e. The minimum atomic E-state index is -0.215. The highest BCUT2D eigenvalue weighted by Gasteiger charge is 2.57. The number of hydrogen-bond donors (Lipinski definition) is 0. The topological polar surface area (TPSA) is 24.9 Å². The Balaban J connectivity index is 1.52. The van der Waals surface area contributed by atoms with Crippen molar-refractivity contribution in [2.45, 2.75) is 69.5 Å². The third-order valence-corrected chi connectivity index (χ3v) is 8.35. The normalized spacial score (nSPS) is 28.6. The molecule has 1 saturated carbocycles. The SMILES string of the molecule is CN(C)CCc1ccc2c(c1)O[C@@]1(C)C[C@@H]3c4cc(CCN(C)C)ccc4OC(C)(C)[C@@H]3[C@H]2C1. The molecule has 0 aromatic heterocycles. The van der Waals surface area contributed by atoms with E-state index in [1.54, 1.807) is 0 Å². The van der Waals surface area contributed by atoms with Gasteiger partial charge in [-0.25, -0.2) is 0 Å². The second kappa shape index (κ2) is 8.57. The number of nitrogens with zero attached hydrogens (tertiary/aromatic N) is 2. The molecule has 0 saturated heterocycles. The third kappa shape index (κ3) is 4.35. The molecule has 5 rings (SSSR count). The third-order valence-electron chi connectivity index (χ3n) is 8.35. The van der Waals surface area contributed by atoms with Gasteiger partial charge in [0.25, 0.3) is 0 Å². The first-order valence-electron chi connectivity index (χ1n) is 13.0. The maximum absolute atomic E-state index is 6.82. The lowest BCUT2D eigenvalue weighted by Gasteiger charge is -2.57. The molecule has 2 bridgehead atoms. The van der Waals surface area contributed by atoms with Gasteiger partial charge >= 0.3 is 0 Å². The Bertz CT molecular complexity index is 1060. The molecule has 4 nitrogen and oxygen atoms in total. The molecule has 2 aliphatic heterocycles. The van der Waals surface area contributed by atoms with Crippen molar-refractivity contribution < 1.29 is 9.47 Å². The average Bonchev–Trinajstić information content (AvgIpc) is 2.75. The van der Waals surface area contributed by atoms with Crippen molar-refractivity contribution >= 4 is 0 Å². The summed E-state index contributed by atoms with van der Waals surface area (Å²) in [5.41, 5.74) is 5.19. The second-order valence-corrected chi connectivity index (χ2v) is 12.3. The lowest BCUT2D eigenvalue weighted by molar-refractivity contribution is -0.0801. The number of rotatable bonds is 6. The molecule has 4 heteroatoms. The van der Waals surface area contributed by atoms with Crippen molar-refractivity contribution in [1.29, 1.82) is 0 Å². The quantitative estimate of drug-likeness (QED) is 0.566. The maximum atomic E-state index is 6.82. The van der Waals surface area contributed by atoms with E-state index in [9.17, 15) is 0 Å². The van der Waals surface area contributed by atoms with Gasteiger partial charge in [-0.1, -0.05) is 24.3 Å². The van der Waals surface area contributed by atoms with Crippen LogP contribution in [0.25, 0.3) is 0 Å². The molecule has 0 amide bonds. The summed E-state index contributed by atoms with van der Waals surface area (Å²) in [6.45, 7) is 9.06. The molecule has 0 spiro atoms. The molecule has 3 aliphatic rings. The van der Waals surface area contributed by atoms with Crippen LogP contribution in [0.5, 0.6) is 11.5 Å². The summed E-state index contributed by atoms with van der Waals surface area (Å²) >= 11 is 0. The summed E-state index contributed by atoms with van der Waals surface area (Å²) in [5, 5.41) is 0. The van der Waals surface area contributed by atoms with Gasteiger partial charge < -0.3 is 19.3 Å². The molecule has 4 atom stereocenters. The van der Waals surface area contributed by atoms with Crippen LogP contribution in [-0.2, 0) is 12.8 Å². The Hall–Kier alpha value is -2.04. The summed E-state index contributed by atoms with van der Waals surface area (Å²) < 4.78 is 13.6. The van der Waals surface area contributed by atoms with Gasteiger partial charge in [-0.2, -0.15) is 0 Å². The Morgan fingerprint density at radius 3 is 1.97 bits per heavy atom. The first kappa shape index (κ1) is 23.7. The molecule has 2 aromatic rings. The van der Waals surface area contributed by atoms with Crippen LogP contribution in [0, 0.1) is 5.92 Å². The van der Waals surface area contributed by atoms with E-state index in [-0.39, 0.29) is 11.2 Å². The van der Waals surface area contributed by atoms with Gasteiger partial charge in [0, 0.05) is 19.0 Å². The van der Waals surface area contributed by atoms with Gasteiger partial charge in [0.15, 0.2) is 0 Å². The summed E-state index contributed by atoms with van der Waals surface area (Å²) in [7, 11) is 8.55. The van der Waals surface area contributed by atoms with Crippen molar-refractivity contribution in [2.75, 3.05) is 41.3 Å². The molecule has 34 heavy (non-hydrogen) atoms. The van der Waals surface area contributed by atoms with Crippen LogP contribution in [0.4, 0.5) is 0 Å². The van der Waals surface area contributed by atoms with Crippen molar-refractivity contribution in [3.05, 3.63) is 58.7 Å². The summed E-state index contributed by atoms with van der Waals surface area (Å²) in [6, 6.07) is 13.9. The van der Waals surface area contributed by atoms with Crippen molar-refractivity contribution in [3.63, 3.8) is 0 Å². The molecule has 1 fully saturated rings. The number of fused-ring (bicyclic) bond motifs is 8. The van der Waals surface area contributed by atoms with Crippen LogP contribution in [0.1, 0.15) is 67.7 Å². The summed E-state index contributed by atoms with van der Waals surface area (Å²) in [4.78, 5) is 4.50. The molecular formula is C30H42N2O2. The van der Waals surface area contributed by atoms with Crippen LogP contribution in [0.2, 0.25) is 0 Å². The number of ether oxygens (including phenoxy) is 2. The van der Waals surface area contributed by atoms with Gasteiger partial charge in [-0.3, -0.25) is 0 Å². The number of benzene rings is 2. The molecule has 2 aromatic carbocycles. The zero-order chi connectivity index (χ0) is 24.3. The Labute approximate surface area is 206 Å². The van der Waals surface area contributed by atoms with E-state index in [1.165, 1.54) is 22.3 Å². The summed E-state index contributed by atoms with van der Waals surface area (Å²) in [5.74, 6) is 3.51. The van der Waals surface area contributed by atoms with E-state index in [4.69, 9.17) is 9.47 Å². The second-order valence-electron chi connectivity index (χ2n) is 12.3. The standard InChI is InChI=1S/C30H42N2O2/c1-29(2)28-24-18-30(3,34-27-17-21(8-10-22(24)27)13-15-32(6)7)19-25(28)23-16-20(12-14-31(4)5)9-11-26(23)33-29/h8-11,16-17,24-25,28H,12-15,18-19H2,1-7H3/t24-,25+,28+,30+/m0/s1. The molecule has 0 radical (unpaired) electrons. The van der Waals surface area contributed by atoms with Crippen molar-refractivity contribution in [1.82, 2.24) is 9.80 Å². The van der Waals surface area contributed by atoms with Crippen LogP contribution >= 0.6 is 0 Å². The fourth-order valence-corrected chi connectivity index (χ4v) is 6.79. The van der Waals surface area contributed by atoms with E-state index in [0.29, 0.717) is 17.8 Å². The lowest BCUT2D eigenvalue weighted by Crippen LogP contribution is -2.56. The highest BCUT2D eigenvalue weighted by Crippen LogP contribution is 2.62. The molecule has 184 valence electrons. The van der Waals surface area contributed by atoms with Gasteiger partial charge in [0.1, 0.15) is 22.7 Å². The Kier molecular flexibility index (Phi) is 5.97. The fraction of sp³-hybridized carbons (Fsp3) is 0.600. The monoisotopic (exact) mass is 462 g/mol. The van der Waals surface area contributed by atoms with Crippen LogP contribution < -0.4 is 9.47 Å². The van der Waals surface area contributed by atoms with E-state index < -0.39 is 0 Å². The smallest absolute Gasteiger partial charge is 0.123 e. The first-order chi connectivity index (χ1) is 16.0. The van der Waals surface area contributed by atoms with Gasteiger partial charge in [0.2, 0.25) is 0 Å². The zero-order valence-corrected chi connectivity index (χ0v) is 22.1. The number of hydrogen-bond acceptors (Lipinski definition) is 4. The fourth-order valence-electron chi connectivity index (χ4n) is 6.79. The Morgan fingerprint density at radius 1 is 0.735 bits per heavy atom. The lowest BCUT2D eigenvalue weighted by atomic mass is 9.55. The maximum Gasteiger partial charge on any atom is 0.123 e. The molecule has 1 aliphatic carbocycles. The minimum Gasteiger partial charge on any atom is -0.487 e. The Morgan fingerprint density at radius 2 is 1.32 bits per heavy atom. The average molecular weight is 463 g/mol. The predicted molar refractivity (Wildman–Crippen MR) is 139 cm³/mol. The zero-order valence-electron chi connectivity index (χ0n) is 22.1. The van der Waals surface area contributed by atoms with Gasteiger partial charge in [-0.15, -0.1) is 0 Å². The minimum absolute atomic E-state index is 0.136. The highest BCUT2D eigenvalue weighted by atomic mass is 16.5. The van der Waals surface area contributed by atoms with Crippen LogP contribution in [0.3, 0.4) is 0 Å². The van der Waals surface area contributed by atoms with Gasteiger partial charge in [-0.05, 0) is 121 Å². The van der Waals surface area contributed by atoms with Crippen LogP contribution in [-0.4, -0.2) is 62.3 Å². The van der Waals surface area contributed by atoms with Crippen molar-refractivity contribution in [2.24, 2.45) is 5.92 Å². The van der Waals surface area contributed by atoms with Crippen LogP contribution in [0.15, 0.2) is 36.4 Å². The number of likely N-dealkylation sites (N-methyl/N-ethyl adjacent to an activating group) is 2. The van der Waals surface area contributed by atoms with E-state index >= 15 is 0 Å². The van der Waals surface area contributed by atoms with E-state index in [2.05, 4.69) is 95.2 Å². The molecule has 0 N–H and O–H groups in total. The predicted octanol–water partition coefficient (Wildman–Crippen LogP) is 5.49. The molecular weight excluding hydrogens is 420 g/mol. The first-order valence-corrected chi connectivity index (χ1v) is 13.0. The summed E-state index contributed by atoms with van der Waals surface area (Å²) in [6.07, 6.45) is 4.23. The highest BCUT2D eigenvalue weighted by molar-refractivity contribution is 5.49. The van der Waals surface area contributed by atoms with Gasteiger partial charge in [0.05, 0.1) is 0 Å². The van der Waals surface area contributed by atoms with Crippen molar-refractivity contribution in [3.8, 4) is 11.5 Å².